The van der Waals surface area contributed by atoms with Gasteiger partial charge in [0, 0.05) is 37.1 Å². The van der Waals surface area contributed by atoms with Crippen LogP contribution in [-0.2, 0) is 26.6 Å². The smallest absolute Gasteiger partial charge is 0.242 e. The number of hydrogen-bond acceptors (Lipinski definition) is 8. The van der Waals surface area contributed by atoms with Gasteiger partial charge in [-0.3, -0.25) is 0 Å². The Kier molecular flexibility index (Phi) is 8.26. The molecule has 4 aromatic rings. The second-order valence-electron chi connectivity index (χ2n) is 8.86. The lowest BCUT2D eigenvalue weighted by Crippen LogP contribution is -2.26. The molecule has 0 amide bonds. The van der Waals surface area contributed by atoms with Gasteiger partial charge in [-0.25, -0.2) is 31.3 Å². The quantitative estimate of drug-likeness (QED) is 0.251. The van der Waals surface area contributed by atoms with E-state index in [2.05, 4.69) is 30.0 Å². The summed E-state index contributed by atoms with van der Waals surface area (Å²) in [6, 6.07) is 18.2. The van der Waals surface area contributed by atoms with Gasteiger partial charge >= 0.3 is 0 Å². The molecule has 0 saturated carbocycles. The molecule has 1 aliphatic heterocycles. The molecule has 3 aromatic carbocycles. The zero-order chi connectivity index (χ0) is 28.3. The Balaban J connectivity index is 1.36. The van der Waals surface area contributed by atoms with Crippen molar-refractivity contribution in [2.24, 2.45) is 0 Å². The van der Waals surface area contributed by atoms with Gasteiger partial charge in [-0.1, -0.05) is 59.6 Å². The molecular formula is C26H24Cl2N6O4S2. The minimum Gasteiger partial charge on any atom is -0.369 e. The number of nitrogens with one attached hydrogen (secondary N) is 4. The van der Waals surface area contributed by atoms with Crippen LogP contribution in [0.3, 0.4) is 0 Å². The Morgan fingerprint density at radius 1 is 0.975 bits per heavy atom. The highest BCUT2D eigenvalue weighted by Gasteiger charge is 2.20. The van der Waals surface area contributed by atoms with Crippen LogP contribution in [0.15, 0.2) is 82.7 Å². The fourth-order valence-corrected chi connectivity index (χ4v) is 6.89. The number of aromatic nitrogens is 2. The number of hydrogen-bond donors (Lipinski definition) is 4. The molecular weight excluding hydrogens is 595 g/mol. The number of anilines is 3. The Hall–Kier alpha value is -3.26. The summed E-state index contributed by atoms with van der Waals surface area (Å²) in [7, 11) is -7.51. The van der Waals surface area contributed by atoms with Crippen molar-refractivity contribution in [3.05, 3.63) is 88.5 Å². The molecule has 4 bridgehead atoms. The van der Waals surface area contributed by atoms with Gasteiger partial charge in [0.05, 0.1) is 14.9 Å². The van der Waals surface area contributed by atoms with E-state index in [1.165, 1.54) is 30.3 Å². The Morgan fingerprint density at radius 2 is 1.75 bits per heavy atom. The van der Waals surface area contributed by atoms with Crippen LogP contribution < -0.4 is 20.1 Å². The molecule has 1 aliphatic rings. The first kappa shape index (κ1) is 28.3. The van der Waals surface area contributed by atoms with E-state index < -0.39 is 20.0 Å². The Morgan fingerprint density at radius 3 is 2.55 bits per heavy atom. The summed E-state index contributed by atoms with van der Waals surface area (Å²) in [5, 5.41) is 6.46. The van der Waals surface area contributed by atoms with Crippen LogP contribution in [0.4, 0.5) is 17.5 Å². The monoisotopic (exact) mass is 618 g/mol. The number of fused-ring (bicyclic) bond motifs is 4. The third-order valence-corrected chi connectivity index (χ3v) is 9.90. The molecule has 0 fully saturated rings. The SMILES string of the molecule is O=S1(=O)NCCCNc2nc(ncc2-c2ccc(CNS(=O)(=O)c3cccc(Cl)c3Cl)cc2)Nc2cccc1c2. The lowest BCUT2D eigenvalue weighted by Gasteiger charge is -2.14. The van der Waals surface area contributed by atoms with Gasteiger partial charge in [0.2, 0.25) is 26.0 Å². The van der Waals surface area contributed by atoms with Crippen molar-refractivity contribution in [1.82, 2.24) is 19.4 Å². The van der Waals surface area contributed by atoms with Gasteiger partial charge in [0.1, 0.15) is 10.7 Å². The van der Waals surface area contributed by atoms with Gasteiger partial charge in [0.15, 0.2) is 0 Å². The van der Waals surface area contributed by atoms with E-state index in [9.17, 15) is 16.8 Å². The van der Waals surface area contributed by atoms with Crippen LogP contribution in [0.25, 0.3) is 11.1 Å². The van der Waals surface area contributed by atoms with Crippen LogP contribution in [0.1, 0.15) is 12.0 Å². The molecule has 0 unspecified atom stereocenters. The molecule has 1 aromatic heterocycles. The maximum Gasteiger partial charge on any atom is 0.242 e. The second-order valence-corrected chi connectivity index (χ2v) is 13.1. The molecule has 2 heterocycles. The molecule has 10 nitrogen and oxygen atoms in total. The zero-order valence-electron chi connectivity index (χ0n) is 20.9. The summed E-state index contributed by atoms with van der Waals surface area (Å²) in [6.07, 6.45) is 2.20. The highest BCUT2D eigenvalue weighted by Crippen LogP contribution is 2.30. The largest absolute Gasteiger partial charge is 0.369 e. The number of nitrogens with zero attached hydrogens (tertiary/aromatic N) is 2. The van der Waals surface area contributed by atoms with Crippen molar-refractivity contribution >= 4 is 60.7 Å². The van der Waals surface area contributed by atoms with Gasteiger partial charge < -0.3 is 10.6 Å². The molecule has 0 radical (unpaired) electrons. The molecule has 0 aliphatic carbocycles. The van der Waals surface area contributed by atoms with Crippen LogP contribution >= 0.6 is 23.2 Å². The third kappa shape index (κ3) is 6.38. The summed E-state index contributed by atoms with van der Waals surface area (Å²) in [5.74, 6) is 0.874. The first-order chi connectivity index (χ1) is 19.1. The van der Waals surface area contributed by atoms with Crippen molar-refractivity contribution in [3.63, 3.8) is 0 Å². The van der Waals surface area contributed by atoms with Gasteiger partial charge in [-0.05, 0) is 47.9 Å². The van der Waals surface area contributed by atoms with Crippen molar-refractivity contribution in [2.75, 3.05) is 23.7 Å². The van der Waals surface area contributed by atoms with E-state index in [0.29, 0.717) is 30.4 Å². The first-order valence-electron chi connectivity index (χ1n) is 12.1. The van der Waals surface area contributed by atoms with Crippen LogP contribution in [0, 0.1) is 0 Å². The summed E-state index contributed by atoms with van der Waals surface area (Å²) in [6.45, 7) is 0.769. The average molecular weight is 620 g/mol. The normalized spacial score (nSPS) is 15.1. The van der Waals surface area contributed by atoms with Crippen LogP contribution in [0.5, 0.6) is 0 Å². The maximum atomic E-state index is 12.7. The molecule has 40 heavy (non-hydrogen) atoms. The summed E-state index contributed by atoms with van der Waals surface area (Å²) in [5.41, 5.74) is 2.80. The molecule has 14 heteroatoms. The van der Waals surface area contributed by atoms with E-state index in [1.54, 1.807) is 30.5 Å². The predicted octanol–water partition coefficient (Wildman–Crippen LogP) is 4.77. The van der Waals surface area contributed by atoms with Gasteiger partial charge in [0.25, 0.3) is 0 Å². The van der Waals surface area contributed by atoms with E-state index in [0.717, 1.165) is 16.7 Å². The molecule has 4 N–H and O–H groups in total. The highest BCUT2D eigenvalue weighted by atomic mass is 35.5. The minimum absolute atomic E-state index is 0.0308. The highest BCUT2D eigenvalue weighted by molar-refractivity contribution is 7.89. The number of benzene rings is 3. The number of halogens is 2. The van der Waals surface area contributed by atoms with E-state index in [-0.39, 0.29) is 32.9 Å². The fraction of sp³-hybridized carbons (Fsp3) is 0.154. The van der Waals surface area contributed by atoms with E-state index in [1.807, 2.05) is 12.1 Å². The Labute approximate surface area is 242 Å². The molecule has 0 atom stereocenters. The maximum absolute atomic E-state index is 12.7. The second kappa shape index (κ2) is 11.7. The third-order valence-electron chi connectivity index (χ3n) is 6.06. The van der Waals surface area contributed by atoms with Crippen molar-refractivity contribution < 1.29 is 16.8 Å². The lowest BCUT2D eigenvalue weighted by molar-refractivity contribution is 0.579. The van der Waals surface area contributed by atoms with Crippen molar-refractivity contribution in [3.8, 4) is 11.1 Å². The van der Waals surface area contributed by atoms with Gasteiger partial charge in [-0.15, -0.1) is 0 Å². The first-order valence-corrected chi connectivity index (χ1v) is 15.9. The average Bonchev–Trinajstić information content (AvgIpc) is 2.94. The topological polar surface area (TPSA) is 142 Å². The Bertz CT molecular complexity index is 1770. The fourth-order valence-electron chi connectivity index (χ4n) is 3.99. The van der Waals surface area contributed by atoms with E-state index >= 15 is 0 Å². The minimum atomic E-state index is -3.88. The predicted molar refractivity (Wildman–Crippen MR) is 156 cm³/mol. The van der Waals surface area contributed by atoms with Crippen LogP contribution in [0.2, 0.25) is 10.0 Å². The van der Waals surface area contributed by atoms with Crippen molar-refractivity contribution in [1.29, 1.82) is 0 Å². The van der Waals surface area contributed by atoms with Crippen LogP contribution in [-0.4, -0.2) is 39.9 Å². The summed E-state index contributed by atoms with van der Waals surface area (Å²) < 4.78 is 55.8. The molecule has 208 valence electrons. The zero-order valence-corrected chi connectivity index (χ0v) is 24.0. The molecule has 0 spiro atoms. The number of sulfonamides is 2. The molecule has 5 rings (SSSR count). The molecule has 0 saturated heterocycles. The number of rotatable bonds is 5. The summed E-state index contributed by atoms with van der Waals surface area (Å²) in [4.78, 5) is 9.11. The standard InChI is InChI=1S/C26H24Cl2N6O4S2/c27-22-6-2-7-23(24(22)28)40(37,38)32-15-17-8-10-18(11-9-17)21-16-30-26-33-19-4-1-5-20(14-19)39(35,36)31-13-3-12-29-25(21)34-26/h1-2,4-11,14,16,31-32H,3,12-13,15H2,(H2,29,30,33,34). The van der Waals surface area contributed by atoms with E-state index in [4.69, 9.17) is 23.2 Å². The van der Waals surface area contributed by atoms with Crippen molar-refractivity contribution in [2.45, 2.75) is 22.8 Å². The summed E-state index contributed by atoms with van der Waals surface area (Å²) >= 11 is 12.1. The van der Waals surface area contributed by atoms with Gasteiger partial charge in [-0.2, -0.15) is 4.98 Å². The lowest BCUT2D eigenvalue weighted by atomic mass is 10.1.